The lowest BCUT2D eigenvalue weighted by Crippen LogP contribution is -2.50. The van der Waals surface area contributed by atoms with Gasteiger partial charge >= 0.3 is 12.1 Å². The molecule has 0 spiro atoms. The minimum Gasteiger partial charge on any atom is -0.458 e. The summed E-state index contributed by atoms with van der Waals surface area (Å²) >= 11 is 0. The highest BCUT2D eigenvalue weighted by Gasteiger charge is 2.47. The summed E-state index contributed by atoms with van der Waals surface area (Å²) < 4.78 is 41.7. The fourth-order valence-electron chi connectivity index (χ4n) is 8.99. The summed E-state index contributed by atoms with van der Waals surface area (Å²) in [6.45, 7) is 8.88. The van der Waals surface area contributed by atoms with Gasteiger partial charge in [-0.25, -0.2) is 14.0 Å². The predicted octanol–water partition coefficient (Wildman–Crippen LogP) is 5.95. The molecule has 0 unspecified atom stereocenters. The van der Waals surface area contributed by atoms with Gasteiger partial charge in [-0.15, -0.1) is 0 Å². The molecule has 4 fully saturated rings. The number of furan rings is 1. The average molecular weight is 771 g/mol. The van der Waals surface area contributed by atoms with Crippen LogP contribution >= 0.6 is 0 Å². The predicted molar refractivity (Wildman–Crippen MR) is 203 cm³/mol. The number of rotatable bonds is 12. The largest absolute Gasteiger partial charge is 0.458 e. The lowest BCUT2D eigenvalue weighted by Gasteiger charge is -2.38. The van der Waals surface area contributed by atoms with Gasteiger partial charge in [0, 0.05) is 50.3 Å². The van der Waals surface area contributed by atoms with Crippen molar-refractivity contribution in [3.8, 4) is 0 Å². The summed E-state index contributed by atoms with van der Waals surface area (Å²) in [6, 6.07) is 5.53. The lowest BCUT2D eigenvalue weighted by atomic mass is 9.75. The Labute approximate surface area is 323 Å². The number of anilines is 1. The maximum absolute atomic E-state index is 14.3. The fraction of sp³-hybridized carbons (Fsp3) is 0.707. The molecule has 2 aliphatic heterocycles. The molecule has 6 rings (SSSR count). The number of nitrogens with zero attached hydrogens (tertiary/aromatic N) is 2. The number of ether oxygens (including phenoxy) is 4. The van der Waals surface area contributed by atoms with Crippen molar-refractivity contribution in [3.63, 3.8) is 0 Å². The van der Waals surface area contributed by atoms with Crippen LogP contribution in [0.25, 0.3) is 11.0 Å². The number of fused-ring (bicyclic) bond motifs is 1. The van der Waals surface area contributed by atoms with Gasteiger partial charge in [0.15, 0.2) is 0 Å². The van der Waals surface area contributed by atoms with Crippen molar-refractivity contribution in [2.45, 2.75) is 102 Å². The third-order valence-corrected chi connectivity index (χ3v) is 11.9. The summed E-state index contributed by atoms with van der Waals surface area (Å²) in [4.78, 5) is 57.8. The number of hydrogen-bond acceptors (Lipinski definition) is 10. The minimum atomic E-state index is -0.713. The van der Waals surface area contributed by atoms with E-state index in [-0.39, 0.29) is 54.0 Å². The van der Waals surface area contributed by atoms with Crippen molar-refractivity contribution in [1.82, 2.24) is 15.1 Å². The smallest absolute Gasteiger partial charge is 0.407 e. The number of likely N-dealkylation sites (tertiary alicyclic amines) is 1. The van der Waals surface area contributed by atoms with Crippen LogP contribution < -0.4 is 10.6 Å². The van der Waals surface area contributed by atoms with Gasteiger partial charge in [-0.3, -0.25) is 14.5 Å². The van der Waals surface area contributed by atoms with Crippen LogP contribution in [0, 0.1) is 23.7 Å². The summed E-state index contributed by atoms with van der Waals surface area (Å²) in [5, 5.41) is 6.45. The van der Waals surface area contributed by atoms with Crippen molar-refractivity contribution in [2.24, 2.45) is 23.7 Å². The van der Waals surface area contributed by atoms with E-state index in [0.29, 0.717) is 68.6 Å². The third-order valence-electron chi connectivity index (χ3n) is 11.9. The number of alkyl carbamates (subject to hydrolysis) is 1. The van der Waals surface area contributed by atoms with E-state index >= 15 is 0 Å². The highest BCUT2D eigenvalue weighted by atomic mass is 19.1. The highest BCUT2D eigenvalue weighted by Crippen LogP contribution is 2.42. The Balaban J connectivity index is 1.10. The monoisotopic (exact) mass is 770 g/mol. The summed E-state index contributed by atoms with van der Waals surface area (Å²) in [5.74, 6) is -0.836. The van der Waals surface area contributed by atoms with Crippen LogP contribution in [0.4, 0.5) is 14.9 Å². The number of methoxy groups -OCH3 is 1. The van der Waals surface area contributed by atoms with E-state index in [1.807, 2.05) is 0 Å². The number of halogens is 1. The van der Waals surface area contributed by atoms with Crippen LogP contribution in [-0.2, 0) is 28.5 Å². The molecule has 2 aliphatic carbocycles. The summed E-state index contributed by atoms with van der Waals surface area (Å²) in [6.07, 6.45) is 6.30. The maximum Gasteiger partial charge on any atom is 0.407 e. The zero-order valence-electron chi connectivity index (χ0n) is 32.8. The van der Waals surface area contributed by atoms with Crippen LogP contribution in [0.5, 0.6) is 0 Å². The average Bonchev–Trinajstić information content (AvgIpc) is 3.82. The zero-order chi connectivity index (χ0) is 39.1. The SMILES string of the molecule is CO[C@H]1CC[C@H]([C@@H]2CCN(C(=O)[C@H]3CC[C@H]([C@@H](CF)NC(=O)OC(C)(C)C)CC3)[C@@H]2C(=O)Nc2ccc3oc(C(=O)OCCN4CCOCC4)cc3c2)CC1. The molecule has 2 aromatic rings. The van der Waals surface area contributed by atoms with Gasteiger partial charge in [0.2, 0.25) is 17.6 Å². The van der Waals surface area contributed by atoms with Crippen LogP contribution in [0.1, 0.15) is 89.1 Å². The van der Waals surface area contributed by atoms with Crippen molar-refractivity contribution in [3.05, 3.63) is 30.0 Å². The van der Waals surface area contributed by atoms with E-state index in [2.05, 4.69) is 15.5 Å². The van der Waals surface area contributed by atoms with Gasteiger partial charge < -0.3 is 38.9 Å². The Kier molecular flexibility index (Phi) is 13.7. The van der Waals surface area contributed by atoms with E-state index in [0.717, 1.165) is 45.2 Å². The molecular formula is C41H59FN4O9. The van der Waals surface area contributed by atoms with E-state index in [1.165, 1.54) is 0 Å². The summed E-state index contributed by atoms with van der Waals surface area (Å²) in [7, 11) is 1.74. The van der Waals surface area contributed by atoms with Gasteiger partial charge in [0.1, 0.15) is 30.5 Å². The second-order valence-corrected chi connectivity index (χ2v) is 16.7. The van der Waals surface area contributed by atoms with Crippen LogP contribution in [0.2, 0.25) is 0 Å². The molecule has 3 atom stereocenters. The molecule has 2 N–H and O–H groups in total. The van der Waals surface area contributed by atoms with Crippen LogP contribution in [-0.4, -0.2) is 117 Å². The molecule has 55 heavy (non-hydrogen) atoms. The van der Waals surface area contributed by atoms with E-state index in [9.17, 15) is 23.6 Å². The number of carbonyl (C=O) groups excluding carboxylic acids is 4. The molecule has 4 aliphatic rings. The van der Waals surface area contributed by atoms with E-state index in [4.69, 9.17) is 23.4 Å². The number of nitrogens with one attached hydrogen (secondary N) is 2. The highest BCUT2D eigenvalue weighted by molar-refractivity contribution is 6.00. The fourth-order valence-corrected chi connectivity index (χ4v) is 8.99. The van der Waals surface area contributed by atoms with Gasteiger partial charge in [-0.05, 0) is 121 Å². The Morgan fingerprint density at radius 1 is 0.945 bits per heavy atom. The first kappa shape index (κ1) is 40.9. The summed E-state index contributed by atoms with van der Waals surface area (Å²) in [5.41, 5.74) is 0.348. The molecule has 0 bridgehead atoms. The van der Waals surface area contributed by atoms with Gasteiger partial charge in [0.05, 0.1) is 25.4 Å². The van der Waals surface area contributed by atoms with Crippen molar-refractivity contribution in [1.29, 1.82) is 0 Å². The molecule has 2 saturated carbocycles. The Bertz CT molecular complexity index is 1620. The number of carbonyl (C=O) groups is 4. The molecule has 14 heteroatoms. The van der Waals surface area contributed by atoms with Crippen molar-refractivity contribution < 1.29 is 46.9 Å². The minimum absolute atomic E-state index is 0.00327. The standard InChI is InChI=1S/C41H59FN4O9/c1-41(2,3)55-40(50)44-33(25-42)27-5-7-28(8-6-27)38(48)46-16-15-32(26-9-12-31(51-4)13-10-26)36(46)37(47)43-30-11-14-34-29(23-30)24-35(54-34)39(49)53-22-19-45-17-20-52-21-18-45/h11,14,23-24,26-28,31-33,36H,5-10,12-13,15-22,25H2,1-4H3,(H,43,47)(H,44,50)/t26-,27-,28-,31-,32-,33+,36-/m0/s1. The number of benzene rings is 1. The molecule has 13 nitrogen and oxygen atoms in total. The number of hydrogen-bond donors (Lipinski definition) is 2. The first-order chi connectivity index (χ1) is 26.4. The second-order valence-electron chi connectivity index (χ2n) is 16.7. The first-order valence-corrected chi connectivity index (χ1v) is 20.1. The van der Waals surface area contributed by atoms with E-state index in [1.54, 1.807) is 57.0 Å². The molecular weight excluding hydrogens is 711 g/mol. The number of esters is 1. The topological polar surface area (TPSA) is 149 Å². The molecule has 3 amide bonds. The molecule has 304 valence electrons. The first-order valence-electron chi connectivity index (χ1n) is 20.1. The molecule has 0 radical (unpaired) electrons. The molecule has 1 aromatic carbocycles. The Morgan fingerprint density at radius 2 is 1.67 bits per heavy atom. The number of morpholine rings is 1. The van der Waals surface area contributed by atoms with Gasteiger partial charge in [-0.1, -0.05) is 0 Å². The van der Waals surface area contributed by atoms with Crippen molar-refractivity contribution >= 4 is 40.5 Å². The number of alkyl halides is 1. The van der Waals surface area contributed by atoms with Gasteiger partial charge in [-0.2, -0.15) is 0 Å². The Morgan fingerprint density at radius 3 is 2.35 bits per heavy atom. The van der Waals surface area contributed by atoms with Crippen LogP contribution in [0.3, 0.4) is 0 Å². The second kappa shape index (κ2) is 18.5. The molecule has 1 aromatic heterocycles. The van der Waals surface area contributed by atoms with Crippen LogP contribution in [0.15, 0.2) is 28.7 Å². The lowest BCUT2D eigenvalue weighted by molar-refractivity contribution is -0.142. The van der Waals surface area contributed by atoms with E-state index < -0.39 is 36.4 Å². The third kappa shape index (κ3) is 10.6. The maximum atomic E-state index is 14.3. The van der Waals surface area contributed by atoms with Crippen molar-refractivity contribution in [2.75, 3.05) is 65.1 Å². The van der Waals surface area contributed by atoms with Gasteiger partial charge in [0.25, 0.3) is 0 Å². The Hall–Kier alpha value is -3.75. The number of amides is 3. The quantitative estimate of drug-likeness (QED) is 0.248. The molecule has 2 saturated heterocycles. The molecule has 3 heterocycles. The zero-order valence-corrected chi connectivity index (χ0v) is 32.8. The normalized spacial score (nSPS) is 27.0.